The Labute approximate surface area is 70.4 Å². The summed E-state index contributed by atoms with van der Waals surface area (Å²) >= 11 is 0. The minimum Gasteiger partial charge on any atom is -0.120 e. The maximum atomic E-state index is 5.40. The maximum Gasteiger partial charge on any atom is 0.0200 e. The Kier molecular flexibility index (Phi) is 3.49. The molecule has 0 aromatic rings. The Morgan fingerprint density at radius 3 is 2.18 bits per heavy atom. The Morgan fingerprint density at radius 2 is 1.73 bits per heavy atom. The Bertz CT molecular complexity index is 133. The molecule has 0 spiro atoms. The van der Waals surface area contributed by atoms with Gasteiger partial charge in [0.25, 0.3) is 0 Å². The summed E-state index contributed by atoms with van der Waals surface area (Å²) in [7, 11) is 0. The molecule has 0 amide bonds. The van der Waals surface area contributed by atoms with Crippen LogP contribution >= 0.6 is 0 Å². The van der Waals surface area contributed by atoms with Crippen LogP contribution in [0.3, 0.4) is 0 Å². The minimum absolute atomic E-state index is 0.507. The fourth-order valence-corrected chi connectivity index (χ4v) is 1.95. The van der Waals surface area contributed by atoms with Gasteiger partial charge in [0.2, 0.25) is 0 Å². The molecule has 1 fully saturated rings. The third-order valence-electron chi connectivity index (χ3n) is 2.87. The van der Waals surface area contributed by atoms with Gasteiger partial charge in [-0.25, -0.2) is 0 Å². The molecule has 1 rings (SSSR count). The molecule has 0 nitrogen and oxygen atoms in total. The second-order valence-corrected chi connectivity index (χ2v) is 3.71. The molecular weight excluding hydrogens is 132 g/mol. The highest BCUT2D eigenvalue weighted by atomic mass is 14.2. The van der Waals surface area contributed by atoms with Gasteiger partial charge in [0.05, 0.1) is 0 Å². The van der Waals surface area contributed by atoms with Crippen molar-refractivity contribution in [2.75, 3.05) is 0 Å². The van der Waals surface area contributed by atoms with E-state index in [4.69, 9.17) is 6.42 Å². The predicted octanol–water partition coefficient (Wildman–Crippen LogP) is 3.23. The van der Waals surface area contributed by atoms with Crippen molar-refractivity contribution in [2.24, 2.45) is 11.8 Å². The second-order valence-electron chi connectivity index (χ2n) is 3.71. The van der Waals surface area contributed by atoms with Crippen molar-refractivity contribution in [1.82, 2.24) is 0 Å². The molecule has 1 unspecified atom stereocenters. The Balaban J connectivity index is 2.37. The van der Waals surface area contributed by atoms with Crippen LogP contribution in [0.25, 0.3) is 0 Å². The van der Waals surface area contributed by atoms with Crippen LogP contribution in [0.2, 0.25) is 0 Å². The van der Waals surface area contributed by atoms with Crippen LogP contribution in [0.1, 0.15) is 45.4 Å². The molecule has 1 saturated carbocycles. The molecule has 1 atom stereocenters. The normalized spacial score (nSPS) is 23.6. The van der Waals surface area contributed by atoms with E-state index in [0.717, 1.165) is 5.92 Å². The summed E-state index contributed by atoms with van der Waals surface area (Å²) in [4.78, 5) is 0. The summed E-state index contributed by atoms with van der Waals surface area (Å²) in [6.07, 6.45) is 13.8. The van der Waals surface area contributed by atoms with E-state index in [1.54, 1.807) is 0 Å². The van der Waals surface area contributed by atoms with Gasteiger partial charge in [-0.05, 0) is 18.8 Å². The van der Waals surface area contributed by atoms with Crippen molar-refractivity contribution < 1.29 is 0 Å². The van der Waals surface area contributed by atoms with E-state index >= 15 is 0 Å². The molecule has 0 radical (unpaired) electrons. The van der Waals surface area contributed by atoms with E-state index in [1.165, 1.54) is 38.5 Å². The third kappa shape index (κ3) is 2.58. The van der Waals surface area contributed by atoms with Gasteiger partial charge < -0.3 is 0 Å². The van der Waals surface area contributed by atoms with Gasteiger partial charge in [-0.1, -0.05) is 32.6 Å². The summed E-state index contributed by atoms with van der Waals surface area (Å²) in [6.45, 7) is 2.19. The summed E-state index contributed by atoms with van der Waals surface area (Å²) in [5.41, 5.74) is 0. The van der Waals surface area contributed by atoms with Crippen LogP contribution in [-0.4, -0.2) is 0 Å². The van der Waals surface area contributed by atoms with Crippen LogP contribution in [0.15, 0.2) is 0 Å². The fourth-order valence-electron chi connectivity index (χ4n) is 1.95. The summed E-state index contributed by atoms with van der Waals surface area (Å²) in [5, 5.41) is 0. The molecule has 0 aromatic carbocycles. The van der Waals surface area contributed by atoms with Gasteiger partial charge in [0, 0.05) is 5.92 Å². The molecular formula is C11H18. The van der Waals surface area contributed by atoms with Crippen LogP contribution < -0.4 is 0 Å². The zero-order valence-corrected chi connectivity index (χ0v) is 7.47. The lowest BCUT2D eigenvalue weighted by Crippen LogP contribution is -2.08. The average molecular weight is 150 g/mol. The molecule has 11 heavy (non-hydrogen) atoms. The highest BCUT2D eigenvalue weighted by molar-refractivity contribution is 4.94. The predicted molar refractivity (Wildman–Crippen MR) is 49.2 cm³/mol. The van der Waals surface area contributed by atoms with Gasteiger partial charge >= 0.3 is 0 Å². The zero-order chi connectivity index (χ0) is 8.10. The highest BCUT2D eigenvalue weighted by Gasteiger charge is 2.16. The summed E-state index contributed by atoms with van der Waals surface area (Å²) < 4.78 is 0. The quantitative estimate of drug-likeness (QED) is 0.397. The van der Waals surface area contributed by atoms with Gasteiger partial charge in [-0.15, -0.1) is 12.3 Å². The highest BCUT2D eigenvalue weighted by Crippen LogP contribution is 2.28. The van der Waals surface area contributed by atoms with E-state index in [9.17, 15) is 0 Å². The smallest absolute Gasteiger partial charge is 0.0200 e. The molecule has 0 saturated heterocycles. The molecule has 1 aliphatic carbocycles. The monoisotopic (exact) mass is 150 g/mol. The molecule has 0 heterocycles. The molecule has 0 N–H and O–H groups in total. The topological polar surface area (TPSA) is 0 Å². The lowest BCUT2D eigenvalue weighted by atomic mass is 9.88. The molecule has 62 valence electrons. The zero-order valence-electron chi connectivity index (χ0n) is 7.47. The van der Waals surface area contributed by atoms with E-state index in [1.807, 2.05) is 0 Å². The SMILES string of the molecule is C#CC(C)C1CCCCCC1. The van der Waals surface area contributed by atoms with Crippen molar-refractivity contribution in [3.05, 3.63) is 0 Å². The number of hydrogen-bond acceptors (Lipinski definition) is 0. The molecule has 0 heteroatoms. The van der Waals surface area contributed by atoms with Crippen LogP contribution in [0, 0.1) is 24.2 Å². The van der Waals surface area contributed by atoms with E-state index in [-0.39, 0.29) is 0 Å². The van der Waals surface area contributed by atoms with E-state index in [2.05, 4.69) is 12.8 Å². The van der Waals surface area contributed by atoms with Gasteiger partial charge in [-0.3, -0.25) is 0 Å². The summed E-state index contributed by atoms with van der Waals surface area (Å²) in [5.74, 6) is 4.19. The van der Waals surface area contributed by atoms with Crippen molar-refractivity contribution in [1.29, 1.82) is 0 Å². The first kappa shape index (κ1) is 8.65. The first-order chi connectivity index (χ1) is 5.34. The lowest BCUT2D eigenvalue weighted by Gasteiger charge is -2.16. The van der Waals surface area contributed by atoms with E-state index < -0.39 is 0 Å². The molecule has 0 aliphatic heterocycles. The fraction of sp³-hybridized carbons (Fsp3) is 0.818. The second kappa shape index (κ2) is 4.44. The van der Waals surface area contributed by atoms with Crippen LogP contribution in [-0.2, 0) is 0 Å². The molecule has 0 aromatic heterocycles. The average Bonchev–Trinajstić information content (AvgIpc) is 2.30. The minimum atomic E-state index is 0.507. The first-order valence-electron chi connectivity index (χ1n) is 4.80. The third-order valence-corrected chi connectivity index (χ3v) is 2.87. The number of rotatable bonds is 1. The van der Waals surface area contributed by atoms with Crippen LogP contribution in [0.5, 0.6) is 0 Å². The van der Waals surface area contributed by atoms with Crippen molar-refractivity contribution in [3.8, 4) is 12.3 Å². The molecule has 1 aliphatic rings. The standard InChI is InChI=1S/C11H18/c1-3-10(2)11-8-6-4-5-7-9-11/h1,10-11H,4-9H2,2H3. The Morgan fingerprint density at radius 1 is 1.18 bits per heavy atom. The van der Waals surface area contributed by atoms with Gasteiger partial charge in [0.1, 0.15) is 0 Å². The maximum absolute atomic E-state index is 5.40. The number of hydrogen-bond donors (Lipinski definition) is 0. The largest absolute Gasteiger partial charge is 0.120 e. The Hall–Kier alpha value is -0.440. The lowest BCUT2D eigenvalue weighted by molar-refractivity contribution is 0.382. The van der Waals surface area contributed by atoms with Crippen molar-refractivity contribution in [3.63, 3.8) is 0 Å². The van der Waals surface area contributed by atoms with Gasteiger partial charge in [-0.2, -0.15) is 0 Å². The first-order valence-corrected chi connectivity index (χ1v) is 4.80. The number of terminal acetylenes is 1. The van der Waals surface area contributed by atoms with Crippen LogP contribution in [0.4, 0.5) is 0 Å². The molecule has 0 bridgehead atoms. The van der Waals surface area contributed by atoms with Gasteiger partial charge in [0.15, 0.2) is 0 Å². The summed E-state index contributed by atoms with van der Waals surface area (Å²) in [6, 6.07) is 0. The van der Waals surface area contributed by atoms with Crippen molar-refractivity contribution >= 4 is 0 Å². The van der Waals surface area contributed by atoms with E-state index in [0.29, 0.717) is 5.92 Å². The van der Waals surface area contributed by atoms with Crippen molar-refractivity contribution in [2.45, 2.75) is 45.4 Å².